The Labute approximate surface area is 191 Å². The van der Waals surface area contributed by atoms with Crippen LogP contribution >= 0.6 is 0 Å². The predicted octanol–water partition coefficient (Wildman–Crippen LogP) is 4.68. The molecular weight excluding hydrogens is 416 g/mol. The van der Waals surface area contributed by atoms with Gasteiger partial charge in [0.1, 0.15) is 5.69 Å². The molecular formula is C26H22N4O3. The average Bonchev–Trinajstić information content (AvgIpc) is 3.29. The molecule has 33 heavy (non-hydrogen) atoms. The molecule has 4 rings (SSSR count). The Morgan fingerprint density at radius 3 is 2.61 bits per heavy atom. The lowest BCUT2D eigenvalue weighted by Gasteiger charge is -2.08. The van der Waals surface area contributed by atoms with Crippen LogP contribution in [0.15, 0.2) is 85.3 Å². The van der Waals surface area contributed by atoms with Crippen LogP contribution in [0.1, 0.15) is 21.5 Å². The molecule has 2 aromatic carbocycles. The van der Waals surface area contributed by atoms with Crippen LogP contribution in [0.2, 0.25) is 0 Å². The number of hydrogen-bond donors (Lipinski definition) is 1. The summed E-state index contributed by atoms with van der Waals surface area (Å²) in [6, 6.07) is 18.5. The molecule has 0 atom stereocenters. The van der Waals surface area contributed by atoms with E-state index in [1.807, 2.05) is 55.6 Å². The molecule has 7 heteroatoms. The molecule has 0 saturated carbocycles. The van der Waals surface area contributed by atoms with Gasteiger partial charge in [-0.15, -0.1) is 0 Å². The van der Waals surface area contributed by atoms with E-state index in [-0.39, 0.29) is 5.91 Å². The van der Waals surface area contributed by atoms with Crippen molar-refractivity contribution in [1.29, 1.82) is 0 Å². The van der Waals surface area contributed by atoms with Gasteiger partial charge < -0.3 is 10.1 Å². The van der Waals surface area contributed by atoms with E-state index in [2.05, 4.69) is 10.3 Å². The van der Waals surface area contributed by atoms with E-state index in [1.54, 1.807) is 41.4 Å². The Morgan fingerprint density at radius 1 is 1.06 bits per heavy atom. The number of carbonyl (C=O) groups excluding carboxylic acids is 2. The first kappa shape index (κ1) is 21.7. The maximum atomic E-state index is 12.7. The number of nitrogens with one attached hydrogen (secondary N) is 1. The maximum absolute atomic E-state index is 12.7. The lowest BCUT2D eigenvalue weighted by Crippen LogP contribution is -2.10. The molecule has 4 aromatic rings. The molecule has 164 valence electrons. The smallest absolute Gasteiger partial charge is 0.337 e. The van der Waals surface area contributed by atoms with E-state index in [4.69, 9.17) is 9.84 Å². The lowest BCUT2D eigenvalue weighted by atomic mass is 10.1. The first-order valence-corrected chi connectivity index (χ1v) is 10.3. The second-order valence-corrected chi connectivity index (χ2v) is 7.30. The van der Waals surface area contributed by atoms with Gasteiger partial charge >= 0.3 is 5.97 Å². The summed E-state index contributed by atoms with van der Waals surface area (Å²) in [6.07, 6.45) is 8.45. The summed E-state index contributed by atoms with van der Waals surface area (Å²) in [4.78, 5) is 28.6. The second-order valence-electron chi connectivity index (χ2n) is 7.30. The van der Waals surface area contributed by atoms with Gasteiger partial charge in [-0.1, -0.05) is 24.3 Å². The van der Waals surface area contributed by atoms with Crippen LogP contribution < -0.4 is 5.32 Å². The van der Waals surface area contributed by atoms with Crippen molar-refractivity contribution in [2.45, 2.75) is 6.92 Å². The SMILES string of the molecule is COC(=O)c1ccc(C)c(NC(=O)/C=C/c2cn(-c3ccccc3)nc2-c2cccnc2)c1. The molecule has 0 aliphatic rings. The zero-order valence-electron chi connectivity index (χ0n) is 18.2. The monoisotopic (exact) mass is 438 g/mol. The minimum Gasteiger partial charge on any atom is -0.465 e. The molecule has 0 bridgehead atoms. The molecule has 2 aromatic heterocycles. The first-order valence-electron chi connectivity index (χ1n) is 10.3. The van der Waals surface area contributed by atoms with Gasteiger partial charge in [0.05, 0.1) is 18.4 Å². The van der Waals surface area contributed by atoms with Crippen LogP contribution in [0.5, 0.6) is 0 Å². The summed E-state index contributed by atoms with van der Waals surface area (Å²) in [6.45, 7) is 1.85. The van der Waals surface area contributed by atoms with Crippen molar-refractivity contribution in [3.05, 3.63) is 102 Å². The number of aryl methyl sites for hydroxylation is 1. The summed E-state index contributed by atoms with van der Waals surface area (Å²) in [5, 5.41) is 7.53. The average molecular weight is 438 g/mol. The third-order valence-corrected chi connectivity index (χ3v) is 5.03. The van der Waals surface area contributed by atoms with Crippen molar-refractivity contribution < 1.29 is 14.3 Å². The van der Waals surface area contributed by atoms with Crippen LogP contribution in [-0.4, -0.2) is 33.8 Å². The minimum absolute atomic E-state index is 0.329. The molecule has 1 amide bonds. The zero-order chi connectivity index (χ0) is 23.2. The molecule has 0 fully saturated rings. The number of methoxy groups -OCH3 is 1. The Bertz CT molecular complexity index is 1310. The third-order valence-electron chi connectivity index (χ3n) is 5.03. The summed E-state index contributed by atoms with van der Waals surface area (Å²) in [7, 11) is 1.32. The minimum atomic E-state index is -0.463. The molecule has 0 aliphatic heterocycles. The molecule has 1 N–H and O–H groups in total. The highest BCUT2D eigenvalue weighted by molar-refractivity contribution is 6.03. The number of amides is 1. The van der Waals surface area contributed by atoms with Gasteiger partial charge in [0.15, 0.2) is 0 Å². The highest BCUT2D eigenvalue weighted by Gasteiger charge is 2.12. The molecule has 0 unspecified atom stereocenters. The number of hydrogen-bond acceptors (Lipinski definition) is 5. The predicted molar refractivity (Wildman–Crippen MR) is 127 cm³/mol. The fourth-order valence-electron chi connectivity index (χ4n) is 3.29. The highest BCUT2D eigenvalue weighted by atomic mass is 16.5. The van der Waals surface area contributed by atoms with Crippen molar-refractivity contribution in [3.63, 3.8) is 0 Å². The Kier molecular flexibility index (Phi) is 6.40. The van der Waals surface area contributed by atoms with Gasteiger partial charge in [-0.3, -0.25) is 9.78 Å². The van der Waals surface area contributed by atoms with Gasteiger partial charge in [-0.2, -0.15) is 5.10 Å². The van der Waals surface area contributed by atoms with Gasteiger partial charge in [0.25, 0.3) is 0 Å². The number of para-hydroxylation sites is 1. The van der Waals surface area contributed by atoms with Gasteiger partial charge in [-0.25, -0.2) is 9.48 Å². The third kappa shape index (κ3) is 5.04. The number of benzene rings is 2. The van der Waals surface area contributed by atoms with E-state index in [0.29, 0.717) is 16.9 Å². The fourth-order valence-corrected chi connectivity index (χ4v) is 3.29. The molecule has 0 saturated heterocycles. The van der Waals surface area contributed by atoms with Crippen molar-refractivity contribution in [2.75, 3.05) is 12.4 Å². The fraction of sp³-hybridized carbons (Fsp3) is 0.0769. The van der Waals surface area contributed by atoms with Crippen molar-refractivity contribution in [3.8, 4) is 16.9 Å². The summed E-state index contributed by atoms with van der Waals surface area (Å²) < 4.78 is 6.52. The molecule has 2 heterocycles. The van der Waals surface area contributed by atoms with Crippen LogP contribution in [0.3, 0.4) is 0 Å². The Balaban J connectivity index is 1.62. The largest absolute Gasteiger partial charge is 0.465 e. The quantitative estimate of drug-likeness (QED) is 0.349. The van der Waals surface area contributed by atoms with E-state index >= 15 is 0 Å². The number of anilines is 1. The molecule has 0 aliphatic carbocycles. The first-order chi connectivity index (χ1) is 16.0. The second kappa shape index (κ2) is 9.74. The van der Waals surface area contributed by atoms with E-state index in [1.165, 1.54) is 13.2 Å². The van der Waals surface area contributed by atoms with E-state index in [0.717, 1.165) is 22.4 Å². The summed E-state index contributed by atoms with van der Waals surface area (Å²) in [5.41, 5.74) is 4.96. The Hall–Kier alpha value is -4.52. The van der Waals surface area contributed by atoms with Crippen LogP contribution in [-0.2, 0) is 9.53 Å². The molecule has 0 radical (unpaired) electrons. The summed E-state index contributed by atoms with van der Waals surface area (Å²) >= 11 is 0. The van der Waals surface area contributed by atoms with Crippen LogP contribution in [0.4, 0.5) is 5.69 Å². The number of rotatable bonds is 6. The molecule has 0 spiro atoms. The number of nitrogens with zero attached hydrogens (tertiary/aromatic N) is 3. The van der Waals surface area contributed by atoms with Gasteiger partial charge in [-0.05, 0) is 55.0 Å². The number of esters is 1. The topological polar surface area (TPSA) is 86.1 Å². The Morgan fingerprint density at radius 2 is 1.88 bits per heavy atom. The van der Waals surface area contributed by atoms with Gasteiger partial charge in [0, 0.05) is 41.5 Å². The van der Waals surface area contributed by atoms with Crippen molar-refractivity contribution in [2.24, 2.45) is 0 Å². The normalized spacial score (nSPS) is 10.8. The lowest BCUT2D eigenvalue weighted by molar-refractivity contribution is -0.111. The number of carbonyl (C=O) groups is 2. The highest BCUT2D eigenvalue weighted by Crippen LogP contribution is 2.24. The van der Waals surface area contributed by atoms with Crippen LogP contribution in [0, 0.1) is 6.92 Å². The zero-order valence-corrected chi connectivity index (χ0v) is 18.2. The van der Waals surface area contributed by atoms with Crippen molar-refractivity contribution in [1.82, 2.24) is 14.8 Å². The standard InChI is InChI=1S/C26H22N4O3/c1-18-10-11-19(26(32)33-2)15-23(18)28-24(31)13-12-21-17-30(22-8-4-3-5-9-22)29-25(21)20-7-6-14-27-16-20/h3-17H,1-2H3,(H,28,31)/b13-12+. The summed E-state index contributed by atoms with van der Waals surface area (Å²) in [5.74, 6) is -0.791. The van der Waals surface area contributed by atoms with Crippen molar-refractivity contribution >= 4 is 23.6 Å². The molecule has 7 nitrogen and oxygen atoms in total. The number of aromatic nitrogens is 3. The van der Waals surface area contributed by atoms with Gasteiger partial charge in [0.2, 0.25) is 5.91 Å². The number of ether oxygens (including phenoxy) is 1. The number of pyridine rings is 1. The van der Waals surface area contributed by atoms with Crippen LogP contribution in [0.25, 0.3) is 23.0 Å². The van der Waals surface area contributed by atoms with E-state index in [9.17, 15) is 9.59 Å². The van der Waals surface area contributed by atoms with E-state index < -0.39 is 5.97 Å². The maximum Gasteiger partial charge on any atom is 0.337 e.